The van der Waals surface area contributed by atoms with Crippen LogP contribution >= 0.6 is 0 Å². The molecule has 0 N–H and O–H groups in total. The van der Waals surface area contributed by atoms with Crippen LogP contribution in [0.15, 0.2) is 66.0 Å². The summed E-state index contributed by atoms with van der Waals surface area (Å²) in [6, 6.07) is 11.6. The zero-order chi connectivity index (χ0) is 25.5. The van der Waals surface area contributed by atoms with Crippen molar-refractivity contribution in [2.45, 2.75) is 11.1 Å². The predicted molar refractivity (Wildman–Crippen MR) is 125 cm³/mol. The number of alkyl halides is 3. The minimum Gasteiger partial charge on any atom is -0.497 e. The monoisotopic (exact) mass is 518 g/mol. The Bertz CT molecular complexity index is 1500. The van der Waals surface area contributed by atoms with Crippen LogP contribution in [0.5, 0.6) is 5.75 Å². The van der Waals surface area contributed by atoms with Gasteiger partial charge in [0.15, 0.2) is 0 Å². The van der Waals surface area contributed by atoms with E-state index >= 15 is 0 Å². The molecule has 13 heteroatoms. The number of nitrogens with zero attached hydrogens (tertiary/aromatic N) is 6. The van der Waals surface area contributed by atoms with E-state index < -0.39 is 26.7 Å². The Morgan fingerprint density at radius 1 is 0.944 bits per heavy atom. The third-order valence-corrected chi connectivity index (χ3v) is 7.99. The van der Waals surface area contributed by atoms with E-state index in [0.717, 1.165) is 27.6 Å². The van der Waals surface area contributed by atoms with Gasteiger partial charge in [-0.25, -0.2) is 13.4 Å². The summed E-state index contributed by atoms with van der Waals surface area (Å²) >= 11 is 0. The van der Waals surface area contributed by atoms with E-state index in [1.807, 2.05) is 29.2 Å². The number of benzene rings is 2. The number of sulfonamides is 1. The van der Waals surface area contributed by atoms with Gasteiger partial charge >= 0.3 is 6.18 Å². The third-order valence-electron chi connectivity index (χ3n) is 6.03. The number of hydrogen-bond acceptors (Lipinski definition) is 7. The maximum Gasteiger partial charge on any atom is 0.417 e. The maximum absolute atomic E-state index is 13.5. The molecular weight excluding hydrogens is 497 g/mol. The lowest BCUT2D eigenvalue weighted by atomic mass is 10.1. The second kappa shape index (κ2) is 9.06. The normalized spacial score (nSPS) is 15.4. The van der Waals surface area contributed by atoms with Gasteiger partial charge in [0, 0.05) is 37.9 Å². The molecule has 0 unspecified atom stereocenters. The van der Waals surface area contributed by atoms with Crippen molar-refractivity contribution < 1.29 is 26.3 Å². The van der Waals surface area contributed by atoms with Crippen molar-refractivity contribution >= 4 is 21.6 Å². The minimum atomic E-state index is -4.78. The highest BCUT2D eigenvalue weighted by Gasteiger charge is 2.39. The summed E-state index contributed by atoms with van der Waals surface area (Å²) in [4.78, 5) is 9.70. The van der Waals surface area contributed by atoms with Crippen molar-refractivity contribution in [1.82, 2.24) is 23.9 Å². The summed E-state index contributed by atoms with van der Waals surface area (Å²) in [7, 11) is -2.78. The minimum absolute atomic E-state index is 0.00487. The molecule has 1 fully saturated rings. The molecule has 1 saturated heterocycles. The molecule has 0 amide bonds. The van der Waals surface area contributed by atoms with Crippen LogP contribution in [0.3, 0.4) is 0 Å². The largest absolute Gasteiger partial charge is 0.497 e. The SMILES string of the molecule is COc1ccc(-c2cnc3ncnn3c2N2CCN(S(=O)(=O)c3ccccc3C(F)(F)F)CC2)cc1. The van der Waals surface area contributed by atoms with Crippen LogP contribution < -0.4 is 9.64 Å². The van der Waals surface area contributed by atoms with Crippen LogP contribution in [-0.4, -0.2) is 65.6 Å². The summed E-state index contributed by atoms with van der Waals surface area (Å²) in [6.45, 7) is 0.454. The Kier molecular flexibility index (Phi) is 6.04. The molecule has 0 saturated carbocycles. The number of fused-ring (bicyclic) bond motifs is 1. The second-order valence-electron chi connectivity index (χ2n) is 8.08. The van der Waals surface area contributed by atoms with Gasteiger partial charge in [-0.2, -0.15) is 32.1 Å². The molecule has 9 nitrogen and oxygen atoms in total. The van der Waals surface area contributed by atoms with Crippen molar-refractivity contribution in [1.29, 1.82) is 0 Å². The Morgan fingerprint density at radius 2 is 1.64 bits per heavy atom. The van der Waals surface area contributed by atoms with E-state index in [4.69, 9.17) is 4.74 Å². The first kappa shape index (κ1) is 24.0. The number of hydrogen-bond donors (Lipinski definition) is 0. The van der Waals surface area contributed by atoms with Gasteiger partial charge in [0.05, 0.1) is 17.6 Å². The molecule has 36 heavy (non-hydrogen) atoms. The lowest BCUT2D eigenvalue weighted by molar-refractivity contribution is -0.139. The lowest BCUT2D eigenvalue weighted by Crippen LogP contribution is -2.49. The van der Waals surface area contributed by atoms with Gasteiger partial charge in [-0.1, -0.05) is 24.3 Å². The first-order valence-electron chi connectivity index (χ1n) is 10.9. The van der Waals surface area contributed by atoms with Crippen LogP contribution in [0, 0.1) is 0 Å². The summed E-state index contributed by atoms with van der Waals surface area (Å²) in [6.07, 6.45) is -1.74. The van der Waals surface area contributed by atoms with E-state index in [0.29, 0.717) is 17.3 Å². The fourth-order valence-electron chi connectivity index (χ4n) is 4.25. The molecule has 1 aliphatic heterocycles. The van der Waals surface area contributed by atoms with Gasteiger partial charge in [0.25, 0.3) is 5.78 Å². The number of rotatable bonds is 5. The maximum atomic E-state index is 13.5. The molecule has 0 spiro atoms. The second-order valence-corrected chi connectivity index (χ2v) is 9.99. The van der Waals surface area contributed by atoms with E-state index in [1.165, 1.54) is 18.5 Å². The summed E-state index contributed by atoms with van der Waals surface area (Å²) in [5.74, 6) is 1.72. The van der Waals surface area contributed by atoms with Crippen LogP contribution in [0.2, 0.25) is 0 Å². The predicted octanol–water partition coefficient (Wildman–Crippen LogP) is 3.33. The number of piperazine rings is 1. The van der Waals surface area contributed by atoms with Crippen molar-refractivity contribution in [3.63, 3.8) is 0 Å². The lowest BCUT2D eigenvalue weighted by Gasteiger charge is -2.36. The Labute approximate surface area is 204 Å². The number of aromatic nitrogens is 4. The van der Waals surface area contributed by atoms with E-state index in [2.05, 4.69) is 15.1 Å². The Morgan fingerprint density at radius 3 is 2.31 bits per heavy atom. The molecule has 5 rings (SSSR count). The summed E-state index contributed by atoms with van der Waals surface area (Å²) in [5.41, 5.74) is 0.409. The number of anilines is 1. The number of ether oxygens (including phenoxy) is 1. The third kappa shape index (κ3) is 4.24. The van der Waals surface area contributed by atoms with Crippen molar-refractivity contribution in [2.24, 2.45) is 0 Å². The van der Waals surface area contributed by atoms with E-state index in [9.17, 15) is 21.6 Å². The fraction of sp³-hybridized carbons (Fsp3) is 0.261. The molecule has 4 aromatic rings. The molecule has 0 atom stereocenters. The van der Waals surface area contributed by atoms with Gasteiger partial charge in [-0.05, 0) is 29.8 Å². The van der Waals surface area contributed by atoms with Crippen molar-refractivity contribution in [2.75, 3.05) is 38.2 Å². The molecule has 2 aromatic heterocycles. The highest BCUT2D eigenvalue weighted by molar-refractivity contribution is 7.89. The number of halogens is 3. The van der Waals surface area contributed by atoms with Gasteiger partial charge in [-0.3, -0.25) is 0 Å². The molecule has 0 radical (unpaired) electrons. The van der Waals surface area contributed by atoms with Gasteiger partial charge in [-0.15, -0.1) is 0 Å². The summed E-state index contributed by atoms with van der Waals surface area (Å²) in [5, 5.41) is 4.29. The Balaban J connectivity index is 1.46. The average molecular weight is 519 g/mol. The van der Waals surface area contributed by atoms with Gasteiger partial charge < -0.3 is 9.64 Å². The molecule has 188 valence electrons. The van der Waals surface area contributed by atoms with Crippen LogP contribution in [0.4, 0.5) is 19.0 Å². The zero-order valence-electron chi connectivity index (χ0n) is 19.1. The van der Waals surface area contributed by atoms with Crippen LogP contribution in [0.25, 0.3) is 16.9 Å². The highest BCUT2D eigenvalue weighted by atomic mass is 32.2. The molecule has 1 aliphatic rings. The quantitative estimate of drug-likeness (QED) is 0.400. The van der Waals surface area contributed by atoms with Gasteiger partial charge in [0.2, 0.25) is 10.0 Å². The van der Waals surface area contributed by atoms with Gasteiger partial charge in [0.1, 0.15) is 17.9 Å². The van der Waals surface area contributed by atoms with Crippen LogP contribution in [-0.2, 0) is 16.2 Å². The van der Waals surface area contributed by atoms with Crippen LogP contribution in [0.1, 0.15) is 5.56 Å². The smallest absolute Gasteiger partial charge is 0.417 e. The average Bonchev–Trinajstić information content (AvgIpc) is 3.37. The fourth-order valence-corrected chi connectivity index (χ4v) is 5.88. The van der Waals surface area contributed by atoms with Crippen molar-refractivity contribution in [3.05, 3.63) is 66.6 Å². The topological polar surface area (TPSA) is 92.9 Å². The van der Waals surface area contributed by atoms with Crippen molar-refractivity contribution in [3.8, 4) is 16.9 Å². The zero-order valence-corrected chi connectivity index (χ0v) is 19.9. The molecule has 0 aliphatic carbocycles. The standard InChI is InChI=1S/C23H21F3N6O3S/c1-35-17-8-6-16(7-9-17)18-14-27-22-28-15-29-32(22)21(18)30-10-12-31(13-11-30)36(33,34)20-5-3-2-4-19(20)23(24,25)26/h2-9,14-15H,10-13H2,1H3. The Hall–Kier alpha value is -3.71. The molecule has 2 aromatic carbocycles. The molecular formula is C23H21F3N6O3S. The first-order valence-corrected chi connectivity index (χ1v) is 12.4. The molecule has 3 heterocycles. The highest BCUT2D eigenvalue weighted by Crippen LogP contribution is 2.36. The van der Waals surface area contributed by atoms with E-state index in [1.54, 1.807) is 17.8 Å². The van der Waals surface area contributed by atoms with E-state index in [-0.39, 0.29) is 26.2 Å². The first-order chi connectivity index (χ1) is 17.2. The molecule has 0 bridgehead atoms. The number of methoxy groups -OCH3 is 1. The summed E-state index contributed by atoms with van der Waals surface area (Å²) < 4.78 is 74.7.